The van der Waals surface area contributed by atoms with Crippen LogP contribution < -0.4 is 0 Å². The quantitative estimate of drug-likeness (QED) is 0.572. The van der Waals surface area contributed by atoms with Gasteiger partial charge in [0.15, 0.2) is 0 Å². The predicted octanol–water partition coefficient (Wildman–Crippen LogP) is 1.95. The predicted molar refractivity (Wildman–Crippen MR) is 35.5 cm³/mol. The van der Waals surface area contributed by atoms with Gasteiger partial charge in [-0.1, -0.05) is 0 Å². The van der Waals surface area contributed by atoms with Gasteiger partial charge in [0.1, 0.15) is 12.7 Å². The molecule has 1 saturated heterocycles. The molecular weight excluding hydrogens is 173 g/mol. The van der Waals surface area contributed by atoms with E-state index in [0.717, 1.165) is 0 Å². The summed E-state index contributed by atoms with van der Waals surface area (Å²) in [6, 6.07) is 0. The Balaban J connectivity index is 2.69. The first kappa shape index (κ1) is 9.80. The van der Waals surface area contributed by atoms with Crippen molar-refractivity contribution >= 4 is 0 Å². The summed E-state index contributed by atoms with van der Waals surface area (Å²) < 4.78 is 46.3. The lowest BCUT2D eigenvalue weighted by Crippen LogP contribution is -2.46. The molecule has 0 amide bonds. The Kier molecular flexibility index (Phi) is 2.63. The number of rotatable bonds is 0. The van der Waals surface area contributed by atoms with Crippen molar-refractivity contribution in [3.63, 3.8) is 0 Å². The summed E-state index contributed by atoms with van der Waals surface area (Å²) in [6.45, 7) is 2.78. The lowest BCUT2D eigenvalue weighted by atomic mass is 9.96. The highest BCUT2D eigenvalue weighted by Crippen LogP contribution is 2.35. The van der Waals surface area contributed by atoms with Gasteiger partial charge in [-0.3, -0.25) is 0 Å². The minimum Gasteiger partial charge on any atom is -0.352 e. The van der Waals surface area contributed by atoms with Gasteiger partial charge in [0.2, 0.25) is 0 Å². The van der Waals surface area contributed by atoms with Crippen LogP contribution in [0.2, 0.25) is 0 Å². The zero-order valence-corrected chi connectivity index (χ0v) is 6.89. The van der Waals surface area contributed by atoms with Gasteiger partial charge in [0.25, 0.3) is 0 Å². The largest absolute Gasteiger partial charge is 0.396 e. The third-order valence-electron chi connectivity index (χ3n) is 2.05. The molecule has 0 aliphatic carbocycles. The third kappa shape index (κ3) is 1.90. The Labute approximate surface area is 68.6 Å². The van der Waals surface area contributed by atoms with Crippen LogP contribution in [0.1, 0.15) is 13.8 Å². The lowest BCUT2D eigenvalue weighted by molar-refractivity contribution is -0.287. The summed E-state index contributed by atoms with van der Waals surface area (Å²) in [5, 5.41) is 0. The Morgan fingerprint density at radius 3 is 1.75 bits per heavy atom. The third-order valence-corrected chi connectivity index (χ3v) is 2.05. The van der Waals surface area contributed by atoms with Gasteiger partial charge in [0.05, 0.1) is 12.2 Å². The van der Waals surface area contributed by atoms with Gasteiger partial charge < -0.3 is 9.47 Å². The van der Waals surface area contributed by atoms with E-state index >= 15 is 0 Å². The Bertz CT molecular complexity index is 147. The topological polar surface area (TPSA) is 18.5 Å². The van der Waals surface area contributed by atoms with E-state index in [9.17, 15) is 13.2 Å². The molecule has 0 radical (unpaired) electrons. The number of hydrogen-bond donors (Lipinski definition) is 0. The molecule has 1 aliphatic rings. The maximum Gasteiger partial charge on any atom is 0.396 e. The normalized spacial score (nSPS) is 38.2. The fourth-order valence-corrected chi connectivity index (χ4v) is 1.38. The second kappa shape index (κ2) is 3.22. The fraction of sp³-hybridized carbons (Fsp3) is 1.00. The molecule has 12 heavy (non-hydrogen) atoms. The SMILES string of the molecule is CC1OCOC(C)C1C(F)(F)F. The number of ether oxygens (including phenoxy) is 2. The smallest absolute Gasteiger partial charge is 0.352 e. The molecule has 2 atom stereocenters. The van der Waals surface area contributed by atoms with E-state index in [1.807, 2.05) is 0 Å². The van der Waals surface area contributed by atoms with Gasteiger partial charge in [-0.2, -0.15) is 13.2 Å². The van der Waals surface area contributed by atoms with Gasteiger partial charge in [-0.15, -0.1) is 0 Å². The second-order valence-corrected chi connectivity index (χ2v) is 2.93. The minimum absolute atomic E-state index is 0.0467. The van der Waals surface area contributed by atoms with Crippen LogP contribution in [0.15, 0.2) is 0 Å². The summed E-state index contributed by atoms with van der Waals surface area (Å²) >= 11 is 0. The van der Waals surface area contributed by atoms with E-state index in [0.29, 0.717) is 0 Å². The average Bonchev–Trinajstić information content (AvgIpc) is 1.82. The highest BCUT2D eigenvalue weighted by Gasteiger charge is 2.49. The summed E-state index contributed by atoms with van der Waals surface area (Å²) in [7, 11) is 0. The molecule has 1 aliphatic heterocycles. The van der Waals surface area contributed by atoms with Crippen LogP contribution >= 0.6 is 0 Å². The van der Waals surface area contributed by atoms with E-state index in [1.54, 1.807) is 0 Å². The van der Waals surface area contributed by atoms with Crippen LogP contribution in [0.5, 0.6) is 0 Å². The van der Waals surface area contributed by atoms with Crippen LogP contribution in [0.4, 0.5) is 13.2 Å². The molecule has 0 aromatic carbocycles. The van der Waals surface area contributed by atoms with Crippen molar-refractivity contribution in [2.75, 3.05) is 6.79 Å². The Hall–Kier alpha value is -0.290. The van der Waals surface area contributed by atoms with Crippen LogP contribution in [-0.2, 0) is 9.47 Å². The summed E-state index contributed by atoms with van der Waals surface area (Å²) in [6.07, 6.45) is -5.86. The molecule has 1 heterocycles. The Morgan fingerprint density at radius 2 is 1.50 bits per heavy atom. The zero-order chi connectivity index (χ0) is 9.35. The van der Waals surface area contributed by atoms with Crippen LogP contribution in [0.25, 0.3) is 0 Å². The standard InChI is InChI=1S/C7H11F3O2/c1-4-6(7(8,9)10)5(2)12-3-11-4/h4-6H,3H2,1-2H3. The summed E-state index contributed by atoms with van der Waals surface area (Å²) in [5.41, 5.74) is 0. The number of halogens is 3. The van der Waals surface area contributed by atoms with Crippen LogP contribution in [0.3, 0.4) is 0 Å². The van der Waals surface area contributed by atoms with E-state index in [4.69, 9.17) is 9.47 Å². The first-order chi connectivity index (χ1) is 5.43. The lowest BCUT2D eigenvalue weighted by Gasteiger charge is -2.35. The van der Waals surface area contributed by atoms with Crippen molar-refractivity contribution in [2.45, 2.75) is 32.2 Å². The molecular formula is C7H11F3O2. The van der Waals surface area contributed by atoms with Crippen LogP contribution in [0, 0.1) is 5.92 Å². The van der Waals surface area contributed by atoms with E-state index in [-0.39, 0.29) is 6.79 Å². The van der Waals surface area contributed by atoms with Gasteiger partial charge in [-0.05, 0) is 13.8 Å². The summed E-state index contributed by atoms with van der Waals surface area (Å²) in [5.74, 6) is -1.51. The van der Waals surface area contributed by atoms with Crippen molar-refractivity contribution in [2.24, 2.45) is 5.92 Å². The minimum atomic E-state index is -4.24. The molecule has 1 fully saturated rings. The fourth-order valence-electron chi connectivity index (χ4n) is 1.38. The maximum absolute atomic E-state index is 12.3. The molecule has 2 unspecified atom stereocenters. The molecule has 72 valence electrons. The molecule has 0 aromatic rings. The first-order valence-corrected chi connectivity index (χ1v) is 3.73. The van der Waals surface area contributed by atoms with Crippen molar-refractivity contribution in [3.8, 4) is 0 Å². The molecule has 2 nitrogen and oxygen atoms in total. The van der Waals surface area contributed by atoms with Crippen molar-refractivity contribution in [3.05, 3.63) is 0 Å². The number of hydrogen-bond acceptors (Lipinski definition) is 2. The van der Waals surface area contributed by atoms with E-state index in [1.165, 1.54) is 13.8 Å². The second-order valence-electron chi connectivity index (χ2n) is 2.93. The van der Waals surface area contributed by atoms with E-state index < -0.39 is 24.3 Å². The molecule has 0 aromatic heterocycles. The molecule has 0 N–H and O–H groups in total. The van der Waals surface area contributed by atoms with Crippen LogP contribution in [-0.4, -0.2) is 25.2 Å². The van der Waals surface area contributed by atoms with Crippen molar-refractivity contribution in [1.29, 1.82) is 0 Å². The van der Waals surface area contributed by atoms with Crippen molar-refractivity contribution < 1.29 is 22.6 Å². The monoisotopic (exact) mass is 184 g/mol. The molecule has 5 heteroatoms. The summed E-state index contributed by atoms with van der Waals surface area (Å²) in [4.78, 5) is 0. The number of alkyl halides is 3. The Morgan fingerprint density at radius 1 is 1.08 bits per heavy atom. The molecule has 0 bridgehead atoms. The molecule has 1 rings (SSSR count). The molecule has 0 spiro atoms. The average molecular weight is 184 g/mol. The van der Waals surface area contributed by atoms with Gasteiger partial charge >= 0.3 is 6.18 Å². The maximum atomic E-state index is 12.3. The van der Waals surface area contributed by atoms with Gasteiger partial charge in [0, 0.05) is 0 Å². The van der Waals surface area contributed by atoms with E-state index in [2.05, 4.69) is 0 Å². The molecule has 0 saturated carbocycles. The first-order valence-electron chi connectivity index (χ1n) is 3.73. The van der Waals surface area contributed by atoms with Gasteiger partial charge in [-0.25, -0.2) is 0 Å². The highest BCUT2D eigenvalue weighted by atomic mass is 19.4. The highest BCUT2D eigenvalue weighted by molar-refractivity contribution is 4.81. The van der Waals surface area contributed by atoms with Crippen molar-refractivity contribution in [1.82, 2.24) is 0 Å². The zero-order valence-electron chi connectivity index (χ0n) is 6.89.